The van der Waals surface area contributed by atoms with Crippen molar-refractivity contribution in [2.75, 3.05) is 0 Å². The number of thioether (sulfide) groups is 1. The average Bonchev–Trinajstić information content (AvgIpc) is 3.00. The zero-order chi connectivity index (χ0) is 17.2. The van der Waals surface area contributed by atoms with Crippen LogP contribution in [-0.4, -0.2) is 42.8 Å². The summed E-state index contributed by atoms with van der Waals surface area (Å²) in [5.41, 5.74) is 0.943. The van der Waals surface area contributed by atoms with Crippen LogP contribution in [0.25, 0.3) is 0 Å². The first-order valence-electron chi connectivity index (χ1n) is 7.46. The molecule has 126 valence electrons. The number of hydrogen-bond donors (Lipinski definition) is 0. The number of β-lactam (4-membered cyclic amide) rings is 1. The molecule has 1 aromatic rings. The second-order valence-corrected chi connectivity index (χ2v) is 9.54. The maximum absolute atomic E-state index is 12.8. The number of cyclic esters (lactones) is 1. The zero-order valence-electron chi connectivity index (χ0n) is 12.9. The molecule has 4 atom stereocenters. The van der Waals surface area contributed by atoms with Crippen molar-refractivity contribution >= 4 is 52.2 Å². The van der Waals surface area contributed by atoms with Crippen LogP contribution in [0, 0.1) is 0 Å². The molecule has 2 saturated heterocycles. The molecule has 6 nitrogen and oxygen atoms in total. The molecular formula is C16H14INO5S. The van der Waals surface area contributed by atoms with E-state index in [1.54, 1.807) is 40.9 Å². The molecule has 0 aliphatic carbocycles. The van der Waals surface area contributed by atoms with Crippen LogP contribution >= 0.6 is 34.4 Å². The first-order valence-corrected chi connectivity index (χ1v) is 9.58. The van der Waals surface area contributed by atoms with E-state index in [4.69, 9.17) is 9.47 Å². The lowest BCUT2D eigenvalue weighted by molar-refractivity contribution is -0.179. The summed E-state index contributed by atoms with van der Waals surface area (Å²) in [5.74, 6) is -1.10. The number of amides is 1. The van der Waals surface area contributed by atoms with Gasteiger partial charge in [0.25, 0.3) is 6.29 Å². The quantitative estimate of drug-likeness (QED) is 0.293. The summed E-state index contributed by atoms with van der Waals surface area (Å²) < 4.78 is 10.1. The predicted molar refractivity (Wildman–Crippen MR) is 94.6 cm³/mol. The minimum absolute atomic E-state index is 0.0101. The van der Waals surface area contributed by atoms with Gasteiger partial charge < -0.3 is 14.4 Å². The summed E-state index contributed by atoms with van der Waals surface area (Å²) in [4.78, 5) is 38.3. The third kappa shape index (κ3) is 2.18. The van der Waals surface area contributed by atoms with Gasteiger partial charge in [-0.25, -0.2) is 9.59 Å². The van der Waals surface area contributed by atoms with Gasteiger partial charge in [-0.15, -0.1) is 11.8 Å². The van der Waals surface area contributed by atoms with Gasteiger partial charge in [0.2, 0.25) is 5.91 Å². The van der Waals surface area contributed by atoms with E-state index >= 15 is 0 Å². The van der Waals surface area contributed by atoms with E-state index in [0.29, 0.717) is 11.1 Å². The summed E-state index contributed by atoms with van der Waals surface area (Å²) in [5, 5.41) is -0.0101. The summed E-state index contributed by atoms with van der Waals surface area (Å²) in [7, 11) is 0. The number of alkyl halides is 1. The van der Waals surface area contributed by atoms with E-state index in [0.717, 1.165) is 0 Å². The smallest absolute Gasteiger partial charge is 0.342 e. The molecular weight excluding hydrogens is 445 g/mol. The van der Waals surface area contributed by atoms with Gasteiger partial charge in [-0.2, -0.15) is 0 Å². The van der Waals surface area contributed by atoms with Crippen molar-refractivity contribution in [3.63, 3.8) is 0 Å². The minimum atomic E-state index is -1.05. The molecule has 0 saturated carbocycles. The first-order chi connectivity index (χ1) is 11.3. The third-order valence-corrected chi connectivity index (χ3v) is 7.74. The van der Waals surface area contributed by atoms with E-state index in [1.807, 2.05) is 13.8 Å². The maximum Gasteiger partial charge on any atom is 0.342 e. The van der Waals surface area contributed by atoms with E-state index in [1.165, 1.54) is 0 Å². The Morgan fingerprint density at radius 2 is 2.04 bits per heavy atom. The van der Waals surface area contributed by atoms with Gasteiger partial charge in [0.15, 0.2) is 0 Å². The molecule has 0 spiro atoms. The highest BCUT2D eigenvalue weighted by molar-refractivity contribution is 14.1. The molecule has 8 heteroatoms. The molecule has 0 bridgehead atoms. The van der Waals surface area contributed by atoms with E-state index in [-0.39, 0.29) is 15.2 Å². The van der Waals surface area contributed by atoms with Crippen LogP contribution in [0.4, 0.5) is 0 Å². The van der Waals surface area contributed by atoms with Gasteiger partial charge in [0, 0.05) is 10.3 Å². The van der Waals surface area contributed by atoms with Crippen molar-refractivity contribution in [1.29, 1.82) is 0 Å². The van der Waals surface area contributed by atoms with Crippen molar-refractivity contribution in [2.24, 2.45) is 0 Å². The first kappa shape index (κ1) is 16.2. The lowest BCUT2D eigenvalue weighted by Crippen LogP contribution is -2.63. The molecule has 0 radical (unpaired) electrons. The van der Waals surface area contributed by atoms with Crippen LogP contribution in [0.5, 0.6) is 0 Å². The molecule has 24 heavy (non-hydrogen) atoms. The number of esters is 2. The molecule has 0 N–H and O–H groups in total. The number of carbonyl (C=O) groups excluding carboxylic acids is 3. The van der Waals surface area contributed by atoms with Crippen LogP contribution in [-0.2, 0) is 19.1 Å². The highest BCUT2D eigenvalue weighted by atomic mass is 127. The Morgan fingerprint density at radius 3 is 2.79 bits per heavy atom. The van der Waals surface area contributed by atoms with E-state index < -0.39 is 29.0 Å². The molecule has 0 aromatic heterocycles. The molecule has 1 amide bonds. The second kappa shape index (κ2) is 5.35. The Hall–Kier alpha value is -1.29. The lowest BCUT2D eigenvalue weighted by Gasteiger charge is -2.41. The molecule has 3 aliphatic rings. The monoisotopic (exact) mass is 459 g/mol. The van der Waals surface area contributed by atoms with Crippen LogP contribution < -0.4 is 0 Å². The second-order valence-electron chi connectivity index (χ2n) is 6.42. The van der Waals surface area contributed by atoms with E-state index in [9.17, 15) is 14.4 Å². The van der Waals surface area contributed by atoms with Crippen molar-refractivity contribution < 1.29 is 23.9 Å². The number of nitrogens with zero attached hydrogens (tertiary/aromatic N) is 1. The molecule has 1 aromatic carbocycles. The normalized spacial score (nSPS) is 32.7. The number of halogens is 1. The number of rotatable bonds is 2. The average molecular weight is 459 g/mol. The lowest BCUT2D eigenvalue weighted by atomic mass is 9.98. The maximum atomic E-state index is 12.8. The Kier molecular flexibility index (Phi) is 3.61. The molecule has 3 heterocycles. The largest absolute Gasteiger partial charge is 0.419 e. The fraction of sp³-hybridized carbons (Fsp3) is 0.438. The summed E-state index contributed by atoms with van der Waals surface area (Å²) in [6.45, 7) is 3.85. The summed E-state index contributed by atoms with van der Waals surface area (Å²) in [6.07, 6.45) is -1.05. The van der Waals surface area contributed by atoms with Crippen molar-refractivity contribution in [2.45, 2.75) is 40.2 Å². The standard InChI is InChI=1S/C16H14INO5S/c1-16(2)10(18-11(19)9(17)12(18)24-16)14(21)23-15-8-6-4-3-5-7(8)13(20)22-15/h3-6,9-10,12,15H,1-2H3/t9-,10+,12-,15?/m1/s1. The SMILES string of the molecule is CC1(C)S[C@@H]2[C@H](I)C(=O)N2[C@H]1C(=O)OC1OC(=O)c2ccccc21. The van der Waals surface area contributed by atoms with Gasteiger partial charge in [0.05, 0.1) is 5.56 Å². The highest BCUT2D eigenvalue weighted by Gasteiger charge is 2.63. The number of hydrogen-bond acceptors (Lipinski definition) is 6. The Morgan fingerprint density at radius 1 is 1.33 bits per heavy atom. The highest BCUT2D eigenvalue weighted by Crippen LogP contribution is 2.53. The van der Waals surface area contributed by atoms with Crippen molar-refractivity contribution in [3.8, 4) is 0 Å². The van der Waals surface area contributed by atoms with Crippen LogP contribution in [0.3, 0.4) is 0 Å². The number of carbonyl (C=O) groups is 3. The van der Waals surface area contributed by atoms with Crippen LogP contribution in [0.2, 0.25) is 0 Å². The van der Waals surface area contributed by atoms with Crippen LogP contribution in [0.1, 0.15) is 36.1 Å². The predicted octanol–water partition coefficient (Wildman–Crippen LogP) is 2.26. The fourth-order valence-corrected chi connectivity index (χ4v) is 5.96. The number of benzene rings is 1. The van der Waals surface area contributed by atoms with Crippen LogP contribution in [0.15, 0.2) is 24.3 Å². The molecule has 4 rings (SSSR count). The molecule has 2 fully saturated rings. The minimum Gasteiger partial charge on any atom is -0.419 e. The Bertz CT molecular complexity index is 767. The molecule has 1 unspecified atom stereocenters. The van der Waals surface area contributed by atoms with Gasteiger partial charge in [0.1, 0.15) is 15.3 Å². The fourth-order valence-electron chi connectivity index (χ4n) is 3.32. The number of fused-ring (bicyclic) bond motifs is 2. The molecule has 3 aliphatic heterocycles. The van der Waals surface area contributed by atoms with Gasteiger partial charge >= 0.3 is 11.9 Å². The van der Waals surface area contributed by atoms with Crippen molar-refractivity contribution in [3.05, 3.63) is 35.4 Å². The van der Waals surface area contributed by atoms with Crippen molar-refractivity contribution in [1.82, 2.24) is 4.90 Å². The summed E-state index contributed by atoms with van der Waals surface area (Å²) >= 11 is 3.71. The Labute approximate surface area is 156 Å². The van der Waals surface area contributed by atoms with E-state index in [2.05, 4.69) is 22.6 Å². The van der Waals surface area contributed by atoms with Gasteiger partial charge in [-0.3, -0.25) is 4.79 Å². The van der Waals surface area contributed by atoms with Gasteiger partial charge in [-0.1, -0.05) is 40.8 Å². The van der Waals surface area contributed by atoms with Gasteiger partial charge in [-0.05, 0) is 19.9 Å². The zero-order valence-corrected chi connectivity index (χ0v) is 15.9. The topological polar surface area (TPSA) is 72.9 Å². The Balaban J connectivity index is 1.57. The third-order valence-electron chi connectivity index (χ3n) is 4.47. The number of ether oxygens (including phenoxy) is 2. The summed E-state index contributed by atoms with van der Waals surface area (Å²) in [6, 6.07) is 6.14.